The van der Waals surface area contributed by atoms with Crippen LogP contribution >= 0.6 is 22.9 Å². The second-order valence-electron chi connectivity index (χ2n) is 3.91. The molecular formula is C12H10ClF3N2S. The average molecular weight is 307 g/mol. The molecule has 2 nitrogen and oxygen atoms in total. The van der Waals surface area contributed by atoms with Crippen molar-refractivity contribution in [2.24, 2.45) is 0 Å². The van der Waals surface area contributed by atoms with Gasteiger partial charge in [-0.3, -0.25) is 0 Å². The summed E-state index contributed by atoms with van der Waals surface area (Å²) in [6, 6.07) is 3.22. The van der Waals surface area contributed by atoms with Gasteiger partial charge in [-0.05, 0) is 25.1 Å². The molecule has 0 aliphatic carbocycles. The highest BCUT2D eigenvalue weighted by Gasteiger charge is 2.30. The van der Waals surface area contributed by atoms with Crippen LogP contribution in [-0.2, 0) is 12.7 Å². The summed E-state index contributed by atoms with van der Waals surface area (Å²) >= 11 is 7.33. The van der Waals surface area contributed by atoms with Gasteiger partial charge >= 0.3 is 6.18 Å². The number of benzene rings is 1. The molecule has 0 unspecified atom stereocenters. The number of thiazole rings is 1. The minimum Gasteiger partial charge on any atom is -0.379 e. The topological polar surface area (TPSA) is 24.9 Å². The van der Waals surface area contributed by atoms with Crippen LogP contribution in [-0.4, -0.2) is 4.98 Å². The molecule has 0 amide bonds. The smallest absolute Gasteiger partial charge is 0.379 e. The van der Waals surface area contributed by atoms with Gasteiger partial charge in [0, 0.05) is 4.88 Å². The molecule has 0 saturated carbocycles. The molecule has 0 saturated heterocycles. The number of hydrogen-bond acceptors (Lipinski definition) is 3. The minimum absolute atomic E-state index is 0.259. The monoisotopic (exact) mass is 306 g/mol. The molecule has 7 heteroatoms. The van der Waals surface area contributed by atoms with E-state index in [1.165, 1.54) is 17.4 Å². The summed E-state index contributed by atoms with van der Waals surface area (Å²) in [5.41, 5.74) is 2.10. The highest BCUT2D eigenvalue weighted by atomic mass is 35.5. The van der Waals surface area contributed by atoms with E-state index in [9.17, 15) is 13.2 Å². The Bertz CT molecular complexity index is 581. The fourth-order valence-corrected chi connectivity index (χ4v) is 2.41. The van der Waals surface area contributed by atoms with Crippen molar-refractivity contribution in [3.63, 3.8) is 0 Å². The van der Waals surface area contributed by atoms with Crippen molar-refractivity contribution >= 4 is 28.6 Å². The maximum absolute atomic E-state index is 12.6. The van der Waals surface area contributed by atoms with Gasteiger partial charge in [0.1, 0.15) is 0 Å². The Morgan fingerprint density at radius 2 is 2.11 bits per heavy atom. The van der Waals surface area contributed by atoms with Crippen LogP contribution in [0.15, 0.2) is 23.7 Å². The van der Waals surface area contributed by atoms with Gasteiger partial charge in [0.25, 0.3) is 0 Å². The standard InChI is InChI=1S/C12H10ClF3N2S/c1-7-11(19-6-18-7)5-17-10-4-8(12(14,15)16)2-3-9(10)13/h2-4,6,17H,5H2,1H3. The van der Waals surface area contributed by atoms with Gasteiger partial charge in [-0.2, -0.15) is 13.2 Å². The molecule has 0 aliphatic rings. The number of aryl methyl sites for hydroxylation is 1. The molecule has 1 heterocycles. The molecule has 102 valence electrons. The van der Waals surface area contributed by atoms with E-state index < -0.39 is 11.7 Å². The quantitative estimate of drug-likeness (QED) is 0.886. The van der Waals surface area contributed by atoms with Crippen LogP contribution in [0.3, 0.4) is 0 Å². The Balaban J connectivity index is 2.18. The fraction of sp³-hybridized carbons (Fsp3) is 0.250. The Hall–Kier alpha value is -1.27. The van der Waals surface area contributed by atoms with E-state index >= 15 is 0 Å². The first-order valence-corrected chi connectivity index (χ1v) is 6.63. The van der Waals surface area contributed by atoms with Crippen LogP contribution in [0.25, 0.3) is 0 Å². The zero-order valence-corrected chi connectivity index (χ0v) is 11.5. The third-order valence-electron chi connectivity index (χ3n) is 2.58. The molecule has 2 rings (SSSR count). The number of anilines is 1. The lowest BCUT2D eigenvalue weighted by atomic mass is 10.2. The summed E-state index contributed by atoms with van der Waals surface area (Å²) in [5, 5.41) is 3.17. The van der Waals surface area contributed by atoms with E-state index in [0.29, 0.717) is 6.54 Å². The summed E-state index contributed by atoms with van der Waals surface area (Å²) < 4.78 is 37.8. The van der Waals surface area contributed by atoms with Crippen LogP contribution in [0.1, 0.15) is 16.1 Å². The summed E-state index contributed by atoms with van der Waals surface area (Å²) in [5.74, 6) is 0. The number of nitrogens with one attached hydrogen (secondary N) is 1. The Morgan fingerprint density at radius 1 is 1.37 bits per heavy atom. The molecule has 1 aromatic carbocycles. The number of nitrogens with zero attached hydrogens (tertiary/aromatic N) is 1. The second kappa shape index (κ2) is 5.38. The van der Waals surface area contributed by atoms with Gasteiger partial charge in [0.2, 0.25) is 0 Å². The van der Waals surface area contributed by atoms with E-state index in [1.54, 1.807) is 5.51 Å². The van der Waals surface area contributed by atoms with Gasteiger partial charge in [-0.15, -0.1) is 11.3 Å². The number of alkyl halides is 3. The summed E-state index contributed by atoms with van der Waals surface area (Å²) in [6.45, 7) is 2.25. The number of rotatable bonds is 3. The second-order valence-corrected chi connectivity index (χ2v) is 5.25. The van der Waals surface area contributed by atoms with Crippen LogP contribution < -0.4 is 5.32 Å². The predicted molar refractivity (Wildman–Crippen MR) is 70.6 cm³/mol. The Morgan fingerprint density at radius 3 is 2.68 bits per heavy atom. The van der Waals surface area contributed by atoms with Gasteiger partial charge < -0.3 is 5.32 Å². The average Bonchev–Trinajstić information content (AvgIpc) is 2.72. The van der Waals surface area contributed by atoms with Crippen molar-refractivity contribution in [1.29, 1.82) is 0 Å². The van der Waals surface area contributed by atoms with E-state index in [0.717, 1.165) is 22.7 Å². The Kier molecular flexibility index (Phi) is 4.01. The molecule has 1 N–H and O–H groups in total. The lowest BCUT2D eigenvalue weighted by Crippen LogP contribution is -2.07. The van der Waals surface area contributed by atoms with Crippen molar-refractivity contribution in [3.8, 4) is 0 Å². The zero-order valence-electron chi connectivity index (χ0n) is 9.88. The molecule has 0 radical (unpaired) electrons. The lowest BCUT2D eigenvalue weighted by molar-refractivity contribution is -0.137. The van der Waals surface area contributed by atoms with Gasteiger partial charge in [-0.1, -0.05) is 11.6 Å². The van der Waals surface area contributed by atoms with Crippen LogP contribution in [0.5, 0.6) is 0 Å². The summed E-state index contributed by atoms with van der Waals surface area (Å²) in [6.07, 6.45) is -4.37. The maximum Gasteiger partial charge on any atom is 0.416 e. The summed E-state index contributed by atoms with van der Waals surface area (Å²) in [7, 11) is 0. The Labute approximate surface area is 117 Å². The molecule has 0 spiro atoms. The van der Waals surface area contributed by atoms with Crippen LogP contribution in [0.2, 0.25) is 5.02 Å². The molecule has 0 aliphatic heterocycles. The number of hydrogen-bond donors (Lipinski definition) is 1. The van der Waals surface area contributed by atoms with Crippen molar-refractivity contribution in [1.82, 2.24) is 4.98 Å². The lowest BCUT2D eigenvalue weighted by Gasteiger charge is -2.12. The first-order valence-electron chi connectivity index (χ1n) is 5.37. The van der Waals surface area contributed by atoms with Crippen molar-refractivity contribution in [2.75, 3.05) is 5.32 Å². The van der Waals surface area contributed by atoms with Crippen molar-refractivity contribution < 1.29 is 13.2 Å². The van der Waals surface area contributed by atoms with E-state index in [1.807, 2.05) is 6.92 Å². The predicted octanol–water partition coefficient (Wildman–Crippen LogP) is 4.74. The highest BCUT2D eigenvalue weighted by molar-refractivity contribution is 7.09. The maximum atomic E-state index is 12.6. The largest absolute Gasteiger partial charge is 0.416 e. The van der Waals surface area contributed by atoms with E-state index in [-0.39, 0.29) is 10.7 Å². The number of aromatic nitrogens is 1. The fourth-order valence-electron chi connectivity index (χ4n) is 1.51. The van der Waals surface area contributed by atoms with Gasteiger partial charge in [0.05, 0.1) is 34.0 Å². The minimum atomic E-state index is -4.37. The van der Waals surface area contributed by atoms with Crippen LogP contribution in [0, 0.1) is 6.92 Å². The first kappa shape index (κ1) is 14.1. The van der Waals surface area contributed by atoms with E-state index in [4.69, 9.17) is 11.6 Å². The SMILES string of the molecule is Cc1ncsc1CNc1cc(C(F)(F)F)ccc1Cl. The third-order valence-corrected chi connectivity index (χ3v) is 3.84. The molecular weight excluding hydrogens is 297 g/mol. The highest BCUT2D eigenvalue weighted by Crippen LogP contribution is 2.34. The molecule has 1 aromatic heterocycles. The third kappa shape index (κ3) is 3.39. The van der Waals surface area contributed by atoms with Crippen molar-refractivity contribution in [3.05, 3.63) is 44.9 Å². The van der Waals surface area contributed by atoms with Crippen LogP contribution in [0.4, 0.5) is 18.9 Å². The van der Waals surface area contributed by atoms with Gasteiger partial charge in [-0.25, -0.2) is 4.98 Å². The number of halogens is 4. The molecule has 19 heavy (non-hydrogen) atoms. The molecule has 0 fully saturated rings. The first-order chi connectivity index (χ1) is 8.88. The van der Waals surface area contributed by atoms with Gasteiger partial charge in [0.15, 0.2) is 0 Å². The van der Waals surface area contributed by atoms with E-state index in [2.05, 4.69) is 10.3 Å². The molecule has 0 atom stereocenters. The zero-order chi connectivity index (χ0) is 14.0. The molecule has 2 aromatic rings. The normalized spacial score (nSPS) is 11.6. The molecule has 0 bridgehead atoms. The van der Waals surface area contributed by atoms with Crippen molar-refractivity contribution in [2.45, 2.75) is 19.6 Å². The summed E-state index contributed by atoms with van der Waals surface area (Å²) in [4.78, 5) is 5.04.